The third-order valence-electron chi connectivity index (χ3n) is 4.55. The molecular weight excluding hydrogens is 353 g/mol. The van der Waals surface area contributed by atoms with E-state index >= 15 is 0 Å². The van der Waals surface area contributed by atoms with Gasteiger partial charge in [-0.05, 0) is 54.4 Å². The van der Waals surface area contributed by atoms with Crippen LogP contribution in [-0.2, 0) is 11.3 Å². The van der Waals surface area contributed by atoms with E-state index in [0.29, 0.717) is 17.1 Å². The molecule has 0 N–H and O–H groups in total. The molecule has 0 atom stereocenters. The van der Waals surface area contributed by atoms with Gasteiger partial charge in [-0.25, -0.2) is 9.38 Å². The van der Waals surface area contributed by atoms with Gasteiger partial charge < -0.3 is 14.2 Å². The van der Waals surface area contributed by atoms with Crippen LogP contribution in [-0.4, -0.2) is 31.5 Å². The Morgan fingerprint density at radius 3 is 2.42 bits per heavy atom. The Labute approximate surface area is 157 Å². The minimum Gasteiger partial charge on any atom is -0.493 e. The highest BCUT2D eigenvalue weighted by molar-refractivity contribution is 7.78. The van der Waals surface area contributed by atoms with E-state index < -0.39 is 0 Å². The van der Waals surface area contributed by atoms with Crippen molar-refractivity contribution in [3.05, 3.63) is 47.8 Å². The Morgan fingerprint density at radius 1 is 1.08 bits per heavy atom. The van der Waals surface area contributed by atoms with Gasteiger partial charge in [-0.3, -0.25) is 0 Å². The highest BCUT2D eigenvalue weighted by Crippen LogP contribution is 2.33. The highest BCUT2D eigenvalue weighted by atomic mass is 32.1. The number of thiocarbonyl (C=S) groups is 1. The molecule has 4 nitrogen and oxygen atoms in total. The zero-order valence-electron chi connectivity index (χ0n) is 14.7. The molecule has 1 aliphatic carbocycles. The van der Waals surface area contributed by atoms with Crippen LogP contribution >= 0.6 is 12.2 Å². The molecule has 0 saturated heterocycles. The van der Waals surface area contributed by atoms with E-state index in [9.17, 15) is 4.39 Å². The predicted molar refractivity (Wildman–Crippen MR) is 102 cm³/mol. The van der Waals surface area contributed by atoms with Crippen molar-refractivity contribution in [1.82, 2.24) is 0 Å². The number of isothiocyanates is 1. The second-order valence-electron chi connectivity index (χ2n) is 6.15. The summed E-state index contributed by atoms with van der Waals surface area (Å²) in [5, 5.41) is 2.39. The minimum atomic E-state index is -0.287. The summed E-state index contributed by atoms with van der Waals surface area (Å²) in [5.74, 6) is 0.958. The summed E-state index contributed by atoms with van der Waals surface area (Å²) in [5.41, 5.74) is 2.16. The van der Waals surface area contributed by atoms with Crippen molar-refractivity contribution >= 4 is 17.4 Å². The molecule has 136 valence electrons. The largest absolute Gasteiger partial charge is 0.493 e. The monoisotopic (exact) mass is 373 g/mol. The summed E-state index contributed by atoms with van der Waals surface area (Å²) in [4.78, 5) is 4.02. The highest BCUT2D eigenvalue weighted by Gasteiger charge is 2.29. The van der Waals surface area contributed by atoms with Gasteiger partial charge >= 0.3 is 0 Å². The van der Waals surface area contributed by atoms with Crippen LogP contribution in [0.2, 0.25) is 0 Å². The summed E-state index contributed by atoms with van der Waals surface area (Å²) in [7, 11) is 3.16. The van der Waals surface area contributed by atoms with Crippen LogP contribution < -0.4 is 9.47 Å². The number of aliphatic imine (C=N–C) groups is 1. The van der Waals surface area contributed by atoms with E-state index in [1.54, 1.807) is 26.4 Å². The molecule has 2 aromatic rings. The van der Waals surface area contributed by atoms with Crippen LogP contribution in [0.4, 0.5) is 4.39 Å². The molecule has 0 bridgehead atoms. The summed E-state index contributed by atoms with van der Waals surface area (Å²) in [6.45, 7) is 0.247. The van der Waals surface area contributed by atoms with E-state index in [1.165, 1.54) is 6.07 Å². The van der Waals surface area contributed by atoms with Gasteiger partial charge in [-0.15, -0.1) is 0 Å². The lowest BCUT2D eigenvalue weighted by atomic mass is 9.90. The number of benzene rings is 2. The van der Waals surface area contributed by atoms with Gasteiger partial charge in [0.2, 0.25) is 0 Å². The van der Waals surface area contributed by atoms with Crippen molar-refractivity contribution in [3.63, 3.8) is 0 Å². The maximum Gasteiger partial charge on any atom is 0.161 e. The van der Waals surface area contributed by atoms with Gasteiger partial charge in [0.15, 0.2) is 11.5 Å². The number of hydrogen-bond acceptors (Lipinski definition) is 5. The first kappa shape index (κ1) is 18.5. The quantitative estimate of drug-likeness (QED) is 0.523. The van der Waals surface area contributed by atoms with Crippen LogP contribution in [0.1, 0.15) is 18.4 Å². The molecule has 1 aliphatic rings. The predicted octanol–water partition coefficient (Wildman–Crippen LogP) is 4.66. The van der Waals surface area contributed by atoms with Crippen LogP contribution in [0.15, 0.2) is 41.4 Å². The Balaban J connectivity index is 1.67. The first-order chi connectivity index (χ1) is 12.6. The molecule has 0 radical (unpaired) electrons. The van der Waals surface area contributed by atoms with E-state index in [-0.39, 0.29) is 24.6 Å². The molecule has 3 rings (SSSR count). The third-order valence-corrected chi connectivity index (χ3v) is 4.66. The molecule has 26 heavy (non-hydrogen) atoms. The Bertz CT molecular complexity index is 830. The van der Waals surface area contributed by atoms with Crippen LogP contribution in [0.5, 0.6) is 11.5 Å². The van der Waals surface area contributed by atoms with Crippen LogP contribution in [0.3, 0.4) is 0 Å². The fraction of sp³-hybridized carbons (Fsp3) is 0.350. The molecule has 0 aromatic heterocycles. The molecule has 2 aromatic carbocycles. The van der Waals surface area contributed by atoms with Crippen molar-refractivity contribution in [2.45, 2.75) is 31.6 Å². The van der Waals surface area contributed by atoms with E-state index in [0.717, 1.165) is 24.0 Å². The number of methoxy groups -OCH3 is 2. The summed E-state index contributed by atoms with van der Waals surface area (Å²) in [6.07, 6.45) is 1.74. The fourth-order valence-corrected chi connectivity index (χ4v) is 3.07. The van der Waals surface area contributed by atoms with Crippen LogP contribution in [0.25, 0.3) is 11.1 Å². The lowest BCUT2D eigenvalue weighted by Crippen LogP contribution is -2.34. The summed E-state index contributed by atoms with van der Waals surface area (Å²) in [6, 6.07) is 10.9. The van der Waals surface area contributed by atoms with Crippen molar-refractivity contribution in [2.75, 3.05) is 14.2 Å². The Kier molecular flexibility index (Phi) is 5.99. The van der Waals surface area contributed by atoms with Crippen molar-refractivity contribution in [1.29, 1.82) is 0 Å². The number of rotatable bonds is 7. The van der Waals surface area contributed by atoms with Crippen molar-refractivity contribution in [3.8, 4) is 22.6 Å². The SMILES string of the molecule is COc1ccc(-c2ccc(COC3CC(N=C=S)C3)c(F)c2)cc1OC. The number of ether oxygens (including phenoxy) is 3. The molecule has 1 fully saturated rings. The Hall–Kier alpha value is -2.27. The van der Waals surface area contributed by atoms with Gasteiger partial charge in [0.05, 0.1) is 38.1 Å². The average molecular weight is 373 g/mol. The second-order valence-corrected chi connectivity index (χ2v) is 6.34. The van der Waals surface area contributed by atoms with Gasteiger partial charge in [-0.2, -0.15) is 0 Å². The molecular formula is C20H20FNO3S. The molecule has 0 amide bonds. The van der Waals surface area contributed by atoms with E-state index in [2.05, 4.69) is 22.4 Å². The second kappa shape index (κ2) is 8.41. The topological polar surface area (TPSA) is 40.0 Å². The molecule has 0 aliphatic heterocycles. The third kappa shape index (κ3) is 4.10. The molecule has 0 unspecified atom stereocenters. The zero-order valence-corrected chi connectivity index (χ0v) is 15.5. The van der Waals surface area contributed by atoms with Gasteiger partial charge in [0.25, 0.3) is 0 Å². The minimum absolute atomic E-state index is 0.108. The fourth-order valence-electron chi connectivity index (χ4n) is 2.92. The number of nitrogens with zero attached hydrogens (tertiary/aromatic N) is 1. The molecule has 0 spiro atoms. The van der Waals surface area contributed by atoms with Gasteiger partial charge in [0.1, 0.15) is 5.82 Å². The molecule has 0 heterocycles. The average Bonchev–Trinajstić information content (AvgIpc) is 2.63. The first-order valence-corrected chi connectivity index (χ1v) is 8.74. The zero-order chi connectivity index (χ0) is 18.5. The van der Waals surface area contributed by atoms with Crippen LogP contribution in [0, 0.1) is 5.82 Å². The number of halogens is 1. The molecule has 1 saturated carbocycles. The first-order valence-electron chi connectivity index (χ1n) is 8.34. The van der Waals surface area contributed by atoms with Gasteiger partial charge in [-0.1, -0.05) is 18.2 Å². The number of hydrogen-bond donors (Lipinski definition) is 0. The van der Waals surface area contributed by atoms with Crippen molar-refractivity contribution < 1.29 is 18.6 Å². The maximum atomic E-state index is 14.5. The normalized spacial score (nSPS) is 18.6. The van der Waals surface area contributed by atoms with Gasteiger partial charge in [0, 0.05) is 5.56 Å². The standard InChI is InChI=1S/C20H20FNO3S/c1-23-19-6-5-14(8-20(19)24-2)13-3-4-15(18(21)7-13)11-25-17-9-16(10-17)22-12-26/h3-8,16-17H,9-11H2,1-2H3. The maximum absolute atomic E-state index is 14.5. The smallest absolute Gasteiger partial charge is 0.161 e. The van der Waals surface area contributed by atoms with E-state index in [4.69, 9.17) is 14.2 Å². The molecule has 6 heteroatoms. The lowest BCUT2D eigenvalue weighted by Gasteiger charge is -2.31. The summed E-state index contributed by atoms with van der Waals surface area (Å²) >= 11 is 4.59. The lowest BCUT2D eigenvalue weighted by molar-refractivity contribution is -0.0192. The van der Waals surface area contributed by atoms with Crippen molar-refractivity contribution in [2.24, 2.45) is 4.99 Å². The summed E-state index contributed by atoms with van der Waals surface area (Å²) < 4.78 is 30.7. The Morgan fingerprint density at radius 2 is 1.77 bits per heavy atom. The van der Waals surface area contributed by atoms with E-state index in [1.807, 2.05) is 18.2 Å².